The lowest BCUT2D eigenvalue weighted by molar-refractivity contribution is -0.131. The van der Waals surface area contributed by atoms with Crippen molar-refractivity contribution >= 4 is 23.0 Å². The van der Waals surface area contributed by atoms with Gasteiger partial charge in [-0.25, -0.2) is 9.97 Å². The normalized spacial score (nSPS) is 21.0. The Hall–Kier alpha value is -4.37. The predicted molar refractivity (Wildman–Crippen MR) is 140 cm³/mol. The first kappa shape index (κ1) is 23.1. The highest BCUT2D eigenvalue weighted by Crippen LogP contribution is 2.45. The molecule has 0 saturated carbocycles. The van der Waals surface area contributed by atoms with Gasteiger partial charge >= 0.3 is 0 Å². The first-order chi connectivity index (χ1) is 18.0. The number of fused-ring (bicyclic) bond motifs is 3. The maximum Gasteiger partial charge on any atom is 0.246 e. The molecule has 2 saturated heterocycles. The summed E-state index contributed by atoms with van der Waals surface area (Å²) in [5, 5.41) is 0. The number of amides is 1. The zero-order valence-electron chi connectivity index (χ0n) is 20.5. The molecule has 2 unspecified atom stereocenters. The standard InChI is InChI=1S/C28H27N7O2/c1-3-23(37)35-20-15-21(33(2)16-20)25(35)28-32-24(26-27(29)31-12-13-34(26)28)18-9-7-17(8-10-18)22(36)14-19-6-4-5-11-30-19/h3-13,20-21,25H,1,14-16H2,2H3,(H2,29,31)/t20?,21-,25?/m0/s1. The zero-order chi connectivity index (χ0) is 25.7. The summed E-state index contributed by atoms with van der Waals surface area (Å²) >= 11 is 0. The number of carbonyl (C=O) groups is 2. The second-order valence-corrected chi connectivity index (χ2v) is 9.64. The molecule has 1 aromatic carbocycles. The molecular weight excluding hydrogens is 466 g/mol. The monoisotopic (exact) mass is 493 g/mol. The summed E-state index contributed by atoms with van der Waals surface area (Å²) in [5.41, 5.74) is 9.85. The van der Waals surface area contributed by atoms with Gasteiger partial charge in [-0.15, -0.1) is 0 Å². The molecule has 3 aromatic heterocycles. The summed E-state index contributed by atoms with van der Waals surface area (Å²) in [7, 11) is 2.08. The molecule has 5 heterocycles. The third-order valence-electron chi connectivity index (χ3n) is 7.49. The molecule has 0 radical (unpaired) electrons. The third kappa shape index (κ3) is 3.79. The van der Waals surface area contributed by atoms with E-state index in [0.29, 0.717) is 22.6 Å². The van der Waals surface area contributed by atoms with Crippen LogP contribution in [-0.4, -0.2) is 66.5 Å². The van der Waals surface area contributed by atoms with E-state index in [1.807, 2.05) is 45.8 Å². The van der Waals surface area contributed by atoms with E-state index in [1.165, 1.54) is 6.08 Å². The smallest absolute Gasteiger partial charge is 0.246 e. The minimum atomic E-state index is -0.239. The maximum absolute atomic E-state index is 12.9. The fraction of sp³-hybridized carbons (Fsp3) is 0.250. The van der Waals surface area contributed by atoms with Crippen LogP contribution in [0.1, 0.15) is 34.3 Å². The van der Waals surface area contributed by atoms with Crippen LogP contribution in [0.15, 0.2) is 73.7 Å². The number of likely N-dealkylation sites (tertiary alicyclic amines) is 2. The van der Waals surface area contributed by atoms with Gasteiger partial charge in [0.1, 0.15) is 28.9 Å². The number of imidazole rings is 1. The average molecular weight is 494 g/mol. The molecule has 186 valence electrons. The number of anilines is 1. The number of nitrogens with two attached hydrogens (primary N) is 1. The van der Waals surface area contributed by atoms with Crippen LogP contribution in [0.4, 0.5) is 5.82 Å². The molecule has 1 amide bonds. The Morgan fingerprint density at radius 3 is 2.68 bits per heavy atom. The first-order valence-electron chi connectivity index (χ1n) is 12.3. The number of aromatic nitrogens is 4. The van der Waals surface area contributed by atoms with Crippen LogP contribution in [0.25, 0.3) is 16.8 Å². The van der Waals surface area contributed by atoms with E-state index in [0.717, 1.165) is 30.0 Å². The van der Waals surface area contributed by atoms with Crippen molar-refractivity contribution in [3.8, 4) is 11.3 Å². The third-order valence-corrected chi connectivity index (χ3v) is 7.49. The summed E-state index contributed by atoms with van der Waals surface area (Å²) in [6.07, 6.45) is 7.67. The van der Waals surface area contributed by atoms with Crippen molar-refractivity contribution in [3.05, 3.63) is 90.8 Å². The molecule has 4 aromatic rings. The highest BCUT2D eigenvalue weighted by Gasteiger charge is 2.52. The van der Waals surface area contributed by atoms with Gasteiger partial charge in [-0.3, -0.25) is 23.9 Å². The van der Waals surface area contributed by atoms with Gasteiger partial charge in [0.05, 0.1) is 6.42 Å². The van der Waals surface area contributed by atoms with Gasteiger partial charge in [-0.05, 0) is 31.7 Å². The van der Waals surface area contributed by atoms with E-state index >= 15 is 0 Å². The Balaban J connectivity index is 1.40. The summed E-state index contributed by atoms with van der Waals surface area (Å²) < 4.78 is 1.94. The Bertz CT molecular complexity index is 1510. The first-order valence-corrected chi connectivity index (χ1v) is 12.3. The largest absolute Gasteiger partial charge is 0.382 e. The fourth-order valence-corrected chi connectivity index (χ4v) is 5.78. The van der Waals surface area contributed by atoms with Crippen LogP contribution in [0.5, 0.6) is 0 Å². The van der Waals surface area contributed by atoms with Gasteiger partial charge < -0.3 is 10.6 Å². The number of pyridine rings is 1. The molecule has 2 fully saturated rings. The van der Waals surface area contributed by atoms with Crippen LogP contribution in [0.2, 0.25) is 0 Å². The van der Waals surface area contributed by atoms with E-state index in [2.05, 4.69) is 28.5 Å². The molecule has 9 nitrogen and oxygen atoms in total. The van der Waals surface area contributed by atoms with Crippen LogP contribution in [0, 0.1) is 0 Å². The lowest BCUT2D eigenvalue weighted by Gasteiger charge is -2.38. The van der Waals surface area contributed by atoms with Crippen LogP contribution < -0.4 is 5.73 Å². The number of rotatable bonds is 6. The van der Waals surface area contributed by atoms with Crippen molar-refractivity contribution < 1.29 is 9.59 Å². The number of carbonyl (C=O) groups excluding carboxylic acids is 2. The van der Waals surface area contributed by atoms with Gasteiger partial charge in [0.25, 0.3) is 0 Å². The number of Topliss-reactive ketones (excluding diaryl/α,β-unsaturated/α-hetero) is 1. The van der Waals surface area contributed by atoms with Crippen LogP contribution >= 0.6 is 0 Å². The number of ketones is 1. The van der Waals surface area contributed by atoms with Gasteiger partial charge in [-0.1, -0.05) is 36.9 Å². The maximum atomic E-state index is 12.9. The minimum Gasteiger partial charge on any atom is -0.382 e. The molecule has 2 aliphatic heterocycles. The summed E-state index contributed by atoms with van der Waals surface area (Å²) in [6.45, 7) is 4.55. The second kappa shape index (κ2) is 8.94. The highest BCUT2D eigenvalue weighted by molar-refractivity contribution is 5.98. The number of likely N-dealkylation sites (N-methyl/N-ethyl adjacent to an activating group) is 1. The van der Waals surface area contributed by atoms with Crippen LogP contribution in [-0.2, 0) is 11.2 Å². The molecule has 2 N–H and O–H groups in total. The number of nitrogen functional groups attached to an aromatic ring is 1. The Labute approximate surface area is 214 Å². The number of nitrogens with zero attached hydrogens (tertiary/aromatic N) is 6. The second-order valence-electron chi connectivity index (χ2n) is 9.64. The van der Waals surface area contributed by atoms with E-state index < -0.39 is 0 Å². The quantitative estimate of drug-likeness (QED) is 0.325. The molecule has 2 aliphatic rings. The lowest BCUT2D eigenvalue weighted by Crippen LogP contribution is -2.49. The topological polar surface area (TPSA) is 110 Å². The molecule has 2 bridgehead atoms. The number of hydrogen-bond donors (Lipinski definition) is 1. The molecule has 0 aliphatic carbocycles. The van der Waals surface area contributed by atoms with Crippen molar-refractivity contribution in [2.24, 2.45) is 0 Å². The van der Waals surface area contributed by atoms with Crippen molar-refractivity contribution in [2.45, 2.75) is 31.0 Å². The van der Waals surface area contributed by atoms with Gasteiger partial charge in [0.15, 0.2) is 5.78 Å². The molecule has 0 spiro atoms. The van der Waals surface area contributed by atoms with Crippen LogP contribution in [0.3, 0.4) is 0 Å². The number of piperazine rings is 1. The van der Waals surface area contributed by atoms with Crippen molar-refractivity contribution in [1.29, 1.82) is 0 Å². The fourth-order valence-electron chi connectivity index (χ4n) is 5.78. The van der Waals surface area contributed by atoms with Gasteiger partial charge in [0.2, 0.25) is 5.91 Å². The molecule has 37 heavy (non-hydrogen) atoms. The zero-order valence-corrected chi connectivity index (χ0v) is 20.5. The van der Waals surface area contributed by atoms with E-state index in [-0.39, 0.29) is 36.2 Å². The SMILES string of the molecule is C=CC(=O)N1C2C[C@@H](C1c1nc(-c3ccc(C(=O)Cc4ccccn4)cc3)c3c(N)nccn13)N(C)C2. The Kier molecular flexibility index (Phi) is 5.57. The lowest BCUT2D eigenvalue weighted by atomic mass is 10.0. The molecule has 6 rings (SSSR count). The number of hydrogen-bond acceptors (Lipinski definition) is 7. The predicted octanol–water partition coefficient (Wildman–Crippen LogP) is 2.94. The van der Waals surface area contributed by atoms with Crippen molar-refractivity contribution in [3.63, 3.8) is 0 Å². The summed E-state index contributed by atoms with van der Waals surface area (Å²) in [4.78, 5) is 43.5. The molecule has 9 heteroatoms. The van der Waals surface area contributed by atoms with Crippen molar-refractivity contribution in [1.82, 2.24) is 29.2 Å². The van der Waals surface area contributed by atoms with E-state index in [4.69, 9.17) is 10.7 Å². The van der Waals surface area contributed by atoms with Gasteiger partial charge in [-0.2, -0.15) is 0 Å². The minimum absolute atomic E-state index is 0.00887. The average Bonchev–Trinajstić information content (AvgIpc) is 3.60. The molecular formula is C28H27N7O2. The van der Waals surface area contributed by atoms with Crippen molar-refractivity contribution in [2.75, 3.05) is 19.3 Å². The summed E-state index contributed by atoms with van der Waals surface area (Å²) in [5.74, 6) is 0.987. The van der Waals surface area contributed by atoms with E-state index in [1.54, 1.807) is 24.5 Å². The Morgan fingerprint density at radius 2 is 1.95 bits per heavy atom. The Morgan fingerprint density at radius 1 is 1.14 bits per heavy atom. The summed E-state index contributed by atoms with van der Waals surface area (Å²) in [6, 6.07) is 12.9. The highest BCUT2D eigenvalue weighted by atomic mass is 16.2. The number of benzene rings is 1. The van der Waals surface area contributed by atoms with E-state index in [9.17, 15) is 9.59 Å². The molecule has 3 atom stereocenters. The van der Waals surface area contributed by atoms with Gasteiger partial charge in [0, 0.05) is 54.0 Å².